The topological polar surface area (TPSA) is 129 Å². The molecule has 0 aliphatic heterocycles. The first-order valence-electron chi connectivity index (χ1n) is 46.2. The molecule has 1 aliphatic carbocycles. The standard InChI is InChI=1S/C32H39N3O.C31H37N3.C25H33N3.C21H31N3/c1-5-7-11-24-15-19-26(20-16-24)31(33-27-21-17-25(18-22-27)12-8-6-2)32-34-29(23-35(32)3)28-13-9-10-14-30(28)36-4;1-4-6-11-24-15-19-27(20-16-24)30(32-28-21-17-25(18-22-28)12-7-5-2)31-33-29(23-34(31)3)26-13-9-8-10-14-26;1-4-6-11-20-14-16-22(17-15-20)24(26-18-7-5-2)25-27-23(19-28(25)3)21-12-9-8-10-13-21;1-3-4-15-22-20(18-13-9-6-10-14-18)21-23-19(16-24(21)2)17-11-7-5-8-12-17/h9-10,13-23,31,33H,5-8,11-12H2,1-4H3;8-10,13-23,30,32H,4-7,11-12H2,1-3H3;8-10,12-17,19,24,26H,4-7,11,18H2,1-3H3;5,7-8,11-12,16,18,20,22H,3-4,6,9-10,13-15H2,1-2H3. The van der Waals surface area contributed by atoms with Crippen LogP contribution in [0.1, 0.15) is 262 Å². The fourth-order valence-electron chi connectivity index (χ4n) is 16.4. The minimum Gasteiger partial charge on any atom is -0.496 e. The van der Waals surface area contributed by atoms with Gasteiger partial charge in [-0.15, -0.1) is 0 Å². The van der Waals surface area contributed by atoms with Crippen LogP contribution in [0.5, 0.6) is 5.75 Å². The molecule has 14 rings (SSSR count). The van der Waals surface area contributed by atoms with Crippen molar-refractivity contribution in [2.75, 3.05) is 30.8 Å². The Kier molecular flexibility index (Phi) is 37.1. The second kappa shape index (κ2) is 49.3. The van der Waals surface area contributed by atoms with Gasteiger partial charge in [-0.1, -0.05) is 313 Å². The van der Waals surface area contributed by atoms with Crippen molar-refractivity contribution in [3.05, 3.63) is 329 Å². The number of benzene rings is 9. The second-order valence-corrected chi connectivity index (χ2v) is 33.4. The van der Waals surface area contributed by atoms with Crippen LogP contribution < -0.4 is 26.0 Å². The quantitative estimate of drug-likeness (QED) is 0.0278. The Hall–Kier alpha value is -10.9. The zero-order valence-electron chi connectivity index (χ0n) is 75.6. The number of aryl methyl sites for hydroxylation is 9. The van der Waals surface area contributed by atoms with Gasteiger partial charge in [-0.05, 0) is 190 Å². The summed E-state index contributed by atoms with van der Waals surface area (Å²) in [6.07, 6.45) is 38.1. The lowest BCUT2D eigenvalue weighted by molar-refractivity contribution is 0.260. The number of unbranched alkanes of at least 4 members (excludes halogenated alkanes) is 7. The Labute approximate surface area is 732 Å². The summed E-state index contributed by atoms with van der Waals surface area (Å²) in [6, 6.07) is 84.7. The van der Waals surface area contributed by atoms with Crippen molar-refractivity contribution >= 4 is 11.4 Å². The molecule has 13 heteroatoms. The second-order valence-electron chi connectivity index (χ2n) is 33.4. The maximum Gasteiger partial charge on any atom is 0.136 e. The molecule has 4 atom stereocenters. The van der Waals surface area contributed by atoms with Crippen molar-refractivity contribution < 1.29 is 4.74 Å². The van der Waals surface area contributed by atoms with Crippen LogP contribution in [0.3, 0.4) is 0 Å². The average Bonchev–Trinajstić information content (AvgIpc) is 1.67. The molecule has 642 valence electrons. The summed E-state index contributed by atoms with van der Waals surface area (Å²) in [4.78, 5) is 20.2. The number of methoxy groups -OCH3 is 1. The first-order valence-corrected chi connectivity index (χ1v) is 46.2. The van der Waals surface area contributed by atoms with E-state index in [4.69, 9.17) is 24.7 Å². The smallest absolute Gasteiger partial charge is 0.136 e. The van der Waals surface area contributed by atoms with Gasteiger partial charge >= 0.3 is 0 Å². The first-order chi connectivity index (χ1) is 59.8. The molecular formula is C109H140N12O. The highest BCUT2D eigenvalue weighted by Crippen LogP contribution is 2.38. The fraction of sp³-hybridized carbons (Fsp3) is 0.394. The minimum atomic E-state index is -0.0832. The number of rotatable bonds is 40. The fourth-order valence-corrected chi connectivity index (χ4v) is 16.4. The largest absolute Gasteiger partial charge is 0.496 e. The highest BCUT2D eigenvalue weighted by molar-refractivity contribution is 5.68. The molecule has 1 aliphatic rings. The summed E-state index contributed by atoms with van der Waals surface area (Å²) < 4.78 is 14.3. The molecule has 13 nitrogen and oxygen atoms in total. The summed E-state index contributed by atoms with van der Waals surface area (Å²) in [5, 5.41) is 15.1. The van der Waals surface area contributed by atoms with E-state index >= 15 is 0 Å². The van der Waals surface area contributed by atoms with Crippen LogP contribution in [-0.4, -0.2) is 58.4 Å². The lowest BCUT2D eigenvalue weighted by Crippen LogP contribution is -2.32. The normalized spacial score (nSPS) is 13.0. The molecule has 0 bridgehead atoms. The molecule has 9 aromatic carbocycles. The Morgan fingerprint density at radius 3 is 0.992 bits per heavy atom. The molecule has 13 aromatic rings. The van der Waals surface area contributed by atoms with Crippen LogP contribution in [0, 0.1) is 5.92 Å². The average molecular weight is 1630 g/mol. The SMILES string of the molecule is CCCCNC(c1ccc(CCCC)cc1)c1nc(-c2ccccc2)cn1C.CCCCNC(c1nc(-c2ccccc2)cn1C)C1CCCCC1.CCCCc1ccc(NC(c2ccc(CCCC)cc2)c2nc(-c3ccccc3)cn2C)cc1.CCCCc1ccc(NC(c2ccc(CCCC)cc2)c2nc(-c3ccccc3OC)cn2C)cc1. The zero-order valence-corrected chi connectivity index (χ0v) is 75.6. The van der Waals surface area contributed by atoms with Crippen molar-refractivity contribution in [1.82, 2.24) is 48.8 Å². The van der Waals surface area contributed by atoms with Gasteiger partial charge in [0, 0.05) is 86.6 Å². The Bertz CT molecular complexity index is 5080. The van der Waals surface area contributed by atoms with E-state index in [0.717, 1.165) is 125 Å². The van der Waals surface area contributed by atoms with E-state index in [2.05, 4.69) is 347 Å². The number of hydrogen-bond donors (Lipinski definition) is 4. The number of ether oxygens (including phenoxy) is 1. The van der Waals surface area contributed by atoms with Crippen molar-refractivity contribution in [3.63, 3.8) is 0 Å². The lowest BCUT2D eigenvalue weighted by Gasteiger charge is -2.30. The van der Waals surface area contributed by atoms with Crippen LogP contribution >= 0.6 is 0 Å². The molecule has 4 N–H and O–H groups in total. The third-order valence-corrected chi connectivity index (χ3v) is 23.8. The van der Waals surface area contributed by atoms with Gasteiger partial charge in [-0.3, -0.25) is 0 Å². The first kappa shape index (κ1) is 91.9. The van der Waals surface area contributed by atoms with Crippen LogP contribution in [0.15, 0.2) is 261 Å². The minimum absolute atomic E-state index is 0.0378. The summed E-state index contributed by atoms with van der Waals surface area (Å²) in [6.45, 7) is 17.8. The Balaban J connectivity index is 0.000000160. The number of nitrogens with zero attached hydrogens (tertiary/aromatic N) is 8. The number of anilines is 2. The number of imidazole rings is 4. The number of aromatic nitrogens is 8. The Morgan fingerprint density at radius 1 is 0.320 bits per heavy atom. The van der Waals surface area contributed by atoms with Gasteiger partial charge in [-0.2, -0.15) is 0 Å². The van der Waals surface area contributed by atoms with Gasteiger partial charge in [0.1, 0.15) is 41.1 Å². The maximum atomic E-state index is 5.61. The van der Waals surface area contributed by atoms with Crippen molar-refractivity contribution in [3.8, 4) is 50.8 Å². The van der Waals surface area contributed by atoms with Crippen LogP contribution in [0.2, 0.25) is 0 Å². The van der Waals surface area contributed by atoms with E-state index in [1.807, 2.05) is 30.3 Å². The molecule has 4 aromatic heterocycles. The van der Waals surface area contributed by atoms with E-state index in [1.54, 1.807) is 7.11 Å². The predicted octanol–water partition coefficient (Wildman–Crippen LogP) is 27.0. The monoisotopic (exact) mass is 1630 g/mol. The van der Waals surface area contributed by atoms with Gasteiger partial charge in [0.05, 0.1) is 42.0 Å². The lowest BCUT2D eigenvalue weighted by atomic mass is 9.83. The van der Waals surface area contributed by atoms with E-state index in [1.165, 1.54) is 178 Å². The molecule has 0 radical (unpaired) electrons. The van der Waals surface area contributed by atoms with Crippen molar-refractivity contribution in [2.45, 2.75) is 227 Å². The highest BCUT2D eigenvalue weighted by atomic mass is 16.5. The van der Waals surface area contributed by atoms with Gasteiger partial charge in [-0.25, -0.2) is 19.9 Å². The summed E-state index contributed by atoms with van der Waals surface area (Å²) in [7, 11) is 10.1. The molecule has 0 spiro atoms. The number of nitrogens with one attached hydrogen (secondary N) is 4. The number of para-hydroxylation sites is 1. The third kappa shape index (κ3) is 26.8. The molecule has 4 heterocycles. The van der Waals surface area contributed by atoms with Gasteiger partial charge in [0.2, 0.25) is 0 Å². The van der Waals surface area contributed by atoms with Gasteiger partial charge in [0.15, 0.2) is 0 Å². The van der Waals surface area contributed by atoms with Gasteiger partial charge in [0.25, 0.3) is 0 Å². The molecular weight excluding hydrogens is 1490 g/mol. The van der Waals surface area contributed by atoms with Crippen LogP contribution in [0.4, 0.5) is 11.4 Å². The molecule has 1 saturated carbocycles. The Morgan fingerprint density at radius 2 is 0.623 bits per heavy atom. The van der Waals surface area contributed by atoms with E-state index < -0.39 is 0 Å². The molecule has 4 unspecified atom stereocenters. The van der Waals surface area contributed by atoms with Crippen LogP contribution in [-0.2, 0) is 60.3 Å². The van der Waals surface area contributed by atoms with Crippen molar-refractivity contribution in [2.24, 2.45) is 34.1 Å². The summed E-state index contributed by atoms with van der Waals surface area (Å²) in [5.74, 6) is 5.80. The summed E-state index contributed by atoms with van der Waals surface area (Å²) in [5.41, 5.74) is 21.4. The molecule has 0 amide bonds. The van der Waals surface area contributed by atoms with Gasteiger partial charge < -0.3 is 44.3 Å². The zero-order chi connectivity index (χ0) is 85.6. The van der Waals surface area contributed by atoms with Crippen LogP contribution in [0.25, 0.3) is 45.0 Å². The maximum absolute atomic E-state index is 5.61. The highest BCUT2D eigenvalue weighted by Gasteiger charge is 2.30. The predicted molar refractivity (Wildman–Crippen MR) is 514 cm³/mol. The van der Waals surface area contributed by atoms with E-state index in [0.29, 0.717) is 6.04 Å². The molecule has 1 fully saturated rings. The summed E-state index contributed by atoms with van der Waals surface area (Å²) >= 11 is 0. The number of hydrogen-bond acceptors (Lipinski definition) is 9. The van der Waals surface area contributed by atoms with E-state index in [-0.39, 0.29) is 18.1 Å². The molecule has 122 heavy (non-hydrogen) atoms. The van der Waals surface area contributed by atoms with E-state index in [9.17, 15) is 0 Å². The third-order valence-electron chi connectivity index (χ3n) is 23.8. The van der Waals surface area contributed by atoms with Crippen molar-refractivity contribution in [1.29, 1.82) is 0 Å². The molecule has 0 saturated heterocycles.